The van der Waals surface area contributed by atoms with Crippen LogP contribution in [0.1, 0.15) is 39.5 Å². The van der Waals surface area contributed by atoms with Crippen LogP contribution in [-0.2, 0) is 25.4 Å². The summed E-state index contributed by atoms with van der Waals surface area (Å²) in [7, 11) is 3.09. The molecule has 2 aliphatic heterocycles. The third kappa shape index (κ3) is 3.66. The molecule has 1 unspecified atom stereocenters. The van der Waals surface area contributed by atoms with Gasteiger partial charge in [0.25, 0.3) is 5.56 Å². The van der Waals surface area contributed by atoms with Crippen LogP contribution < -0.4 is 21.9 Å². The first kappa shape index (κ1) is 22.3. The fraction of sp³-hybridized carbons (Fsp3) is 0.636. The summed E-state index contributed by atoms with van der Waals surface area (Å²) < 4.78 is 4.34. The molecular weight excluding hydrogens is 410 g/mol. The number of likely N-dealkylation sites (tertiary alicyclic amines) is 1. The highest BCUT2D eigenvalue weighted by molar-refractivity contribution is 5.87. The van der Waals surface area contributed by atoms with Gasteiger partial charge < -0.3 is 20.1 Å². The summed E-state index contributed by atoms with van der Waals surface area (Å²) in [4.78, 5) is 47.3. The van der Waals surface area contributed by atoms with Crippen molar-refractivity contribution in [2.45, 2.75) is 51.6 Å². The summed E-state index contributed by atoms with van der Waals surface area (Å²) in [5.74, 6) is 0.564. The molecule has 0 saturated carbocycles. The molecule has 0 aromatic carbocycles. The summed E-state index contributed by atoms with van der Waals surface area (Å²) in [6.07, 6.45) is 5.42. The first-order valence-corrected chi connectivity index (χ1v) is 11.3. The first-order valence-electron chi connectivity index (χ1n) is 11.3. The van der Waals surface area contributed by atoms with Crippen LogP contribution in [-0.4, -0.2) is 61.2 Å². The molecule has 2 saturated heterocycles. The van der Waals surface area contributed by atoms with E-state index in [0.29, 0.717) is 43.2 Å². The molecule has 10 nitrogen and oxygen atoms in total. The van der Waals surface area contributed by atoms with Gasteiger partial charge in [0.2, 0.25) is 11.9 Å². The predicted octanol–water partition coefficient (Wildman–Crippen LogP) is 0.320. The average molecular weight is 444 g/mol. The van der Waals surface area contributed by atoms with Gasteiger partial charge in [0, 0.05) is 46.8 Å². The van der Waals surface area contributed by atoms with Crippen molar-refractivity contribution in [2.24, 2.45) is 19.8 Å². The molecule has 2 fully saturated rings. The van der Waals surface area contributed by atoms with Gasteiger partial charge in [-0.15, -0.1) is 0 Å². The third-order valence-electron chi connectivity index (χ3n) is 6.64. The maximum Gasteiger partial charge on any atom is 0.332 e. The molecule has 2 N–H and O–H groups in total. The smallest absolute Gasteiger partial charge is 0.332 e. The van der Waals surface area contributed by atoms with Crippen LogP contribution in [0, 0.1) is 0 Å². The summed E-state index contributed by atoms with van der Waals surface area (Å²) >= 11 is 0. The van der Waals surface area contributed by atoms with Gasteiger partial charge in [0.15, 0.2) is 11.2 Å². The Labute approximate surface area is 186 Å². The largest absolute Gasteiger partial charge is 0.341 e. The van der Waals surface area contributed by atoms with Crippen LogP contribution >= 0.6 is 0 Å². The van der Waals surface area contributed by atoms with Crippen LogP contribution in [0.4, 0.5) is 5.95 Å². The van der Waals surface area contributed by atoms with Gasteiger partial charge in [-0.25, -0.2) is 4.79 Å². The SMILES string of the molecule is CC(C)=CCn1c(N2CCCC(N)(C(=O)N3CCCC3)C2)nc2c1c(=O)n(C)c(=O)n2C. The number of imidazole rings is 1. The second-order valence-corrected chi connectivity index (χ2v) is 9.36. The maximum atomic E-state index is 13.2. The lowest BCUT2D eigenvalue weighted by Crippen LogP contribution is -2.63. The van der Waals surface area contributed by atoms with Gasteiger partial charge in [-0.2, -0.15) is 4.98 Å². The van der Waals surface area contributed by atoms with E-state index in [4.69, 9.17) is 10.7 Å². The monoisotopic (exact) mass is 443 g/mol. The Kier molecular flexibility index (Phi) is 5.74. The number of amides is 1. The normalized spacial score (nSPS) is 21.4. The quantitative estimate of drug-likeness (QED) is 0.682. The van der Waals surface area contributed by atoms with Crippen LogP contribution in [0.25, 0.3) is 11.2 Å². The zero-order valence-corrected chi connectivity index (χ0v) is 19.4. The van der Waals surface area contributed by atoms with E-state index in [9.17, 15) is 14.4 Å². The van der Waals surface area contributed by atoms with Crippen LogP contribution in [0.15, 0.2) is 21.2 Å². The van der Waals surface area contributed by atoms with Gasteiger partial charge in [-0.1, -0.05) is 11.6 Å². The van der Waals surface area contributed by atoms with E-state index in [1.807, 2.05) is 34.3 Å². The number of aryl methyl sites for hydroxylation is 1. The molecule has 4 heterocycles. The van der Waals surface area contributed by atoms with Gasteiger partial charge >= 0.3 is 5.69 Å². The minimum absolute atomic E-state index is 0.00465. The number of nitrogens with two attached hydrogens (primary N) is 1. The second kappa shape index (κ2) is 8.23. The van der Waals surface area contributed by atoms with Crippen molar-refractivity contribution in [3.63, 3.8) is 0 Å². The Morgan fingerprint density at radius 3 is 2.44 bits per heavy atom. The molecule has 1 amide bonds. The molecule has 1 atom stereocenters. The summed E-state index contributed by atoms with van der Waals surface area (Å²) in [5, 5.41) is 0. The van der Waals surface area contributed by atoms with Crippen LogP contribution in [0.5, 0.6) is 0 Å². The minimum atomic E-state index is -0.987. The second-order valence-electron chi connectivity index (χ2n) is 9.36. The van der Waals surface area contributed by atoms with Crippen molar-refractivity contribution < 1.29 is 4.79 Å². The van der Waals surface area contributed by atoms with E-state index in [-0.39, 0.29) is 11.5 Å². The topological polar surface area (TPSA) is 111 Å². The minimum Gasteiger partial charge on any atom is -0.341 e. The molecule has 2 aromatic heterocycles. The number of hydrogen-bond acceptors (Lipinski definition) is 6. The molecule has 2 aliphatic rings. The van der Waals surface area contributed by atoms with E-state index in [1.165, 1.54) is 11.6 Å². The molecular formula is C22H33N7O3. The van der Waals surface area contributed by atoms with Crippen molar-refractivity contribution in [3.8, 4) is 0 Å². The van der Waals surface area contributed by atoms with Crippen molar-refractivity contribution in [1.82, 2.24) is 23.6 Å². The maximum absolute atomic E-state index is 13.2. The Balaban J connectivity index is 1.81. The zero-order chi connectivity index (χ0) is 23.2. The van der Waals surface area contributed by atoms with Crippen LogP contribution in [0.3, 0.4) is 0 Å². The van der Waals surface area contributed by atoms with E-state index >= 15 is 0 Å². The number of fused-ring (bicyclic) bond motifs is 1. The summed E-state index contributed by atoms with van der Waals surface area (Å²) in [6, 6.07) is 0. The van der Waals surface area contributed by atoms with Gasteiger partial charge in [-0.05, 0) is 39.5 Å². The number of nitrogens with zero attached hydrogens (tertiary/aromatic N) is 6. The van der Waals surface area contributed by atoms with E-state index in [0.717, 1.165) is 42.5 Å². The number of carbonyl (C=O) groups is 1. The van der Waals surface area contributed by atoms with Gasteiger partial charge in [-0.3, -0.25) is 18.7 Å². The van der Waals surface area contributed by atoms with Gasteiger partial charge in [0.05, 0.1) is 0 Å². The lowest BCUT2D eigenvalue weighted by atomic mass is 9.88. The van der Waals surface area contributed by atoms with Gasteiger partial charge in [0.1, 0.15) is 5.54 Å². The Hall–Kier alpha value is -2.88. The molecule has 0 aliphatic carbocycles. The molecule has 4 rings (SSSR count). The van der Waals surface area contributed by atoms with Crippen molar-refractivity contribution in [3.05, 3.63) is 32.5 Å². The van der Waals surface area contributed by atoms with Crippen LogP contribution in [0.2, 0.25) is 0 Å². The molecule has 32 heavy (non-hydrogen) atoms. The van der Waals surface area contributed by atoms with Crippen molar-refractivity contribution in [2.75, 3.05) is 31.1 Å². The first-order chi connectivity index (χ1) is 15.1. The zero-order valence-electron chi connectivity index (χ0n) is 19.4. The van der Waals surface area contributed by atoms with E-state index < -0.39 is 11.2 Å². The summed E-state index contributed by atoms with van der Waals surface area (Å²) in [6.45, 7) is 6.95. The molecule has 0 radical (unpaired) electrons. The number of carbonyl (C=O) groups excluding carboxylic acids is 1. The standard InChI is InChI=1S/C22H33N7O3/c1-15(2)8-13-29-16-17(25(3)21(32)26(4)18(16)30)24-20(29)28-12-7-9-22(23,14-28)19(31)27-10-5-6-11-27/h8H,5-7,9-14,23H2,1-4H3. The highest BCUT2D eigenvalue weighted by Gasteiger charge is 2.43. The molecule has 0 bridgehead atoms. The lowest BCUT2D eigenvalue weighted by molar-refractivity contribution is -0.136. The fourth-order valence-corrected chi connectivity index (χ4v) is 4.79. The number of anilines is 1. The highest BCUT2D eigenvalue weighted by Crippen LogP contribution is 2.28. The number of hydrogen-bond donors (Lipinski definition) is 1. The van der Waals surface area contributed by atoms with Crippen molar-refractivity contribution in [1.29, 1.82) is 0 Å². The molecule has 10 heteroatoms. The average Bonchev–Trinajstić information content (AvgIpc) is 3.42. The number of aromatic nitrogens is 4. The predicted molar refractivity (Wildman–Crippen MR) is 124 cm³/mol. The summed E-state index contributed by atoms with van der Waals surface area (Å²) in [5.41, 5.74) is 6.72. The third-order valence-corrected chi connectivity index (χ3v) is 6.64. The molecule has 174 valence electrons. The molecule has 0 spiro atoms. The fourth-order valence-electron chi connectivity index (χ4n) is 4.79. The number of allylic oxidation sites excluding steroid dienone is 2. The highest BCUT2D eigenvalue weighted by atomic mass is 16.2. The Morgan fingerprint density at radius 1 is 1.09 bits per heavy atom. The van der Waals surface area contributed by atoms with E-state index in [1.54, 1.807) is 7.05 Å². The van der Waals surface area contributed by atoms with Crippen molar-refractivity contribution >= 4 is 23.0 Å². The lowest BCUT2D eigenvalue weighted by Gasteiger charge is -2.41. The number of piperidine rings is 1. The number of rotatable bonds is 4. The Bertz CT molecular complexity index is 1190. The Morgan fingerprint density at radius 2 is 1.78 bits per heavy atom. The molecule has 2 aromatic rings. The van der Waals surface area contributed by atoms with E-state index in [2.05, 4.69) is 0 Å².